The predicted octanol–water partition coefficient (Wildman–Crippen LogP) is 2.08. The van der Waals surface area contributed by atoms with Gasteiger partial charge in [-0.15, -0.1) is 0 Å². The van der Waals surface area contributed by atoms with Gasteiger partial charge < -0.3 is 9.64 Å². The molecule has 1 aromatic rings. The standard InChI is InChI=1S/C9H11BrN2O/c1-6-7(10)3-9-8(11-6)4-13-5-12(9)2/h3H,4-5H2,1-2H3. The maximum Gasteiger partial charge on any atom is 0.119 e. The van der Waals surface area contributed by atoms with E-state index >= 15 is 0 Å². The first-order valence-corrected chi connectivity index (χ1v) is 4.92. The second-order valence-electron chi connectivity index (χ2n) is 3.20. The van der Waals surface area contributed by atoms with Crippen molar-refractivity contribution in [1.29, 1.82) is 0 Å². The molecular formula is C9H11BrN2O. The van der Waals surface area contributed by atoms with Gasteiger partial charge in [-0.05, 0) is 28.9 Å². The molecule has 4 heteroatoms. The minimum Gasteiger partial charge on any atom is -0.355 e. The van der Waals surface area contributed by atoms with Crippen molar-refractivity contribution >= 4 is 21.6 Å². The van der Waals surface area contributed by atoms with E-state index in [1.54, 1.807) is 0 Å². The number of aromatic nitrogens is 1. The van der Waals surface area contributed by atoms with Gasteiger partial charge >= 0.3 is 0 Å². The summed E-state index contributed by atoms with van der Waals surface area (Å²) < 4.78 is 6.41. The lowest BCUT2D eigenvalue weighted by molar-refractivity contribution is 0.110. The average Bonchev–Trinajstić information content (AvgIpc) is 2.09. The highest BCUT2D eigenvalue weighted by Gasteiger charge is 2.16. The Hall–Kier alpha value is -0.610. The smallest absolute Gasteiger partial charge is 0.119 e. The first kappa shape index (κ1) is 8.97. The number of hydrogen-bond donors (Lipinski definition) is 0. The first-order valence-electron chi connectivity index (χ1n) is 4.13. The Morgan fingerprint density at radius 1 is 1.62 bits per heavy atom. The number of rotatable bonds is 0. The van der Waals surface area contributed by atoms with Crippen LogP contribution in [-0.4, -0.2) is 18.8 Å². The van der Waals surface area contributed by atoms with Gasteiger partial charge in [-0.3, -0.25) is 4.98 Å². The molecule has 0 radical (unpaired) electrons. The zero-order valence-electron chi connectivity index (χ0n) is 7.67. The second kappa shape index (κ2) is 3.27. The van der Waals surface area contributed by atoms with Gasteiger partial charge in [0.05, 0.1) is 23.7 Å². The molecule has 0 aliphatic carbocycles. The number of aryl methyl sites for hydroxylation is 1. The lowest BCUT2D eigenvalue weighted by Gasteiger charge is -2.27. The molecule has 2 rings (SSSR count). The van der Waals surface area contributed by atoms with Crippen LogP contribution in [0.1, 0.15) is 11.4 Å². The number of nitrogens with zero attached hydrogens (tertiary/aromatic N) is 2. The van der Waals surface area contributed by atoms with Gasteiger partial charge in [-0.25, -0.2) is 0 Å². The van der Waals surface area contributed by atoms with Crippen LogP contribution >= 0.6 is 15.9 Å². The van der Waals surface area contributed by atoms with Gasteiger partial charge in [0.25, 0.3) is 0 Å². The number of hydrogen-bond acceptors (Lipinski definition) is 3. The van der Waals surface area contributed by atoms with Crippen molar-refractivity contribution in [3.8, 4) is 0 Å². The van der Waals surface area contributed by atoms with E-state index in [1.807, 2.05) is 14.0 Å². The molecule has 0 unspecified atom stereocenters. The molecule has 1 aliphatic rings. The highest BCUT2D eigenvalue weighted by molar-refractivity contribution is 9.10. The van der Waals surface area contributed by atoms with E-state index < -0.39 is 0 Å². The summed E-state index contributed by atoms with van der Waals surface area (Å²) in [5.41, 5.74) is 3.19. The third-order valence-electron chi connectivity index (χ3n) is 2.14. The molecule has 0 aromatic carbocycles. The van der Waals surface area contributed by atoms with Crippen molar-refractivity contribution in [2.45, 2.75) is 13.5 Å². The summed E-state index contributed by atoms with van der Waals surface area (Å²) in [6.45, 7) is 3.25. The molecule has 0 fully saturated rings. The van der Waals surface area contributed by atoms with Crippen LogP contribution in [0.2, 0.25) is 0 Å². The van der Waals surface area contributed by atoms with Crippen LogP contribution in [0.15, 0.2) is 10.5 Å². The molecule has 3 nitrogen and oxygen atoms in total. The quantitative estimate of drug-likeness (QED) is 0.697. The Balaban J connectivity index is 2.52. The van der Waals surface area contributed by atoms with Crippen molar-refractivity contribution in [3.63, 3.8) is 0 Å². The molecular weight excluding hydrogens is 232 g/mol. The monoisotopic (exact) mass is 242 g/mol. The molecule has 0 saturated carbocycles. The summed E-state index contributed by atoms with van der Waals surface area (Å²) in [7, 11) is 2.00. The molecule has 0 saturated heterocycles. The lowest BCUT2D eigenvalue weighted by Crippen LogP contribution is -2.27. The van der Waals surface area contributed by atoms with Crippen LogP contribution in [0.3, 0.4) is 0 Å². The Morgan fingerprint density at radius 2 is 2.38 bits per heavy atom. The number of fused-ring (bicyclic) bond motifs is 1. The number of anilines is 1. The highest BCUT2D eigenvalue weighted by Crippen LogP contribution is 2.27. The summed E-state index contributed by atoms with van der Waals surface area (Å²) in [6, 6.07) is 2.10. The van der Waals surface area contributed by atoms with Crippen molar-refractivity contribution < 1.29 is 4.74 Å². The van der Waals surface area contributed by atoms with Crippen LogP contribution < -0.4 is 4.90 Å². The molecule has 1 aliphatic heterocycles. The molecule has 0 atom stereocenters. The topological polar surface area (TPSA) is 25.4 Å². The molecule has 0 N–H and O–H groups in total. The fourth-order valence-electron chi connectivity index (χ4n) is 1.41. The molecule has 2 heterocycles. The van der Waals surface area contributed by atoms with E-state index in [0.29, 0.717) is 13.3 Å². The Bertz CT molecular complexity index is 341. The minimum atomic E-state index is 0.619. The van der Waals surface area contributed by atoms with Crippen LogP contribution in [0, 0.1) is 6.92 Å². The minimum absolute atomic E-state index is 0.619. The van der Waals surface area contributed by atoms with E-state index in [-0.39, 0.29) is 0 Å². The second-order valence-corrected chi connectivity index (χ2v) is 4.05. The van der Waals surface area contributed by atoms with Crippen LogP contribution in [0.5, 0.6) is 0 Å². The molecule has 0 bridgehead atoms. The van der Waals surface area contributed by atoms with Crippen molar-refractivity contribution in [1.82, 2.24) is 4.98 Å². The van der Waals surface area contributed by atoms with Crippen molar-refractivity contribution in [2.75, 3.05) is 18.7 Å². The fourth-order valence-corrected chi connectivity index (χ4v) is 1.71. The zero-order valence-corrected chi connectivity index (χ0v) is 9.26. The Labute approximate surface area is 85.8 Å². The maximum atomic E-state index is 5.35. The Kier molecular flexibility index (Phi) is 2.26. The van der Waals surface area contributed by atoms with Crippen LogP contribution in [0.4, 0.5) is 5.69 Å². The fraction of sp³-hybridized carbons (Fsp3) is 0.444. The van der Waals surface area contributed by atoms with E-state index in [4.69, 9.17) is 4.74 Å². The van der Waals surface area contributed by atoms with Gasteiger partial charge in [0, 0.05) is 11.5 Å². The number of ether oxygens (including phenoxy) is 1. The molecule has 13 heavy (non-hydrogen) atoms. The van der Waals surface area contributed by atoms with Crippen LogP contribution in [-0.2, 0) is 11.3 Å². The number of pyridine rings is 1. The van der Waals surface area contributed by atoms with Crippen molar-refractivity contribution in [2.24, 2.45) is 0 Å². The summed E-state index contributed by atoms with van der Waals surface area (Å²) in [6.07, 6.45) is 0. The van der Waals surface area contributed by atoms with E-state index in [9.17, 15) is 0 Å². The lowest BCUT2D eigenvalue weighted by atomic mass is 10.2. The summed E-state index contributed by atoms with van der Waals surface area (Å²) in [5.74, 6) is 0. The largest absolute Gasteiger partial charge is 0.355 e. The molecule has 0 spiro atoms. The van der Waals surface area contributed by atoms with Gasteiger partial charge in [0.15, 0.2) is 0 Å². The van der Waals surface area contributed by atoms with E-state index in [0.717, 1.165) is 21.5 Å². The maximum absolute atomic E-state index is 5.35. The van der Waals surface area contributed by atoms with Gasteiger partial charge in [-0.2, -0.15) is 0 Å². The van der Waals surface area contributed by atoms with Gasteiger partial charge in [0.1, 0.15) is 6.73 Å². The molecule has 1 aromatic heterocycles. The predicted molar refractivity (Wildman–Crippen MR) is 54.7 cm³/mol. The SMILES string of the molecule is Cc1nc2c(cc1Br)N(C)COC2. The number of halogens is 1. The molecule has 70 valence electrons. The summed E-state index contributed by atoms with van der Waals surface area (Å²) in [4.78, 5) is 6.50. The van der Waals surface area contributed by atoms with Gasteiger partial charge in [-0.1, -0.05) is 0 Å². The van der Waals surface area contributed by atoms with Crippen molar-refractivity contribution in [3.05, 3.63) is 21.9 Å². The summed E-state index contributed by atoms with van der Waals surface area (Å²) >= 11 is 3.47. The highest BCUT2D eigenvalue weighted by atomic mass is 79.9. The van der Waals surface area contributed by atoms with Gasteiger partial charge in [0.2, 0.25) is 0 Å². The third-order valence-corrected chi connectivity index (χ3v) is 2.95. The van der Waals surface area contributed by atoms with E-state index in [2.05, 4.69) is 31.9 Å². The zero-order chi connectivity index (χ0) is 9.42. The Morgan fingerprint density at radius 3 is 3.15 bits per heavy atom. The summed E-state index contributed by atoms with van der Waals surface area (Å²) in [5, 5.41) is 0. The average molecular weight is 243 g/mol. The third kappa shape index (κ3) is 1.56. The molecule has 0 amide bonds. The first-order chi connectivity index (χ1) is 6.18. The van der Waals surface area contributed by atoms with E-state index in [1.165, 1.54) is 0 Å². The normalized spacial score (nSPS) is 15.8. The van der Waals surface area contributed by atoms with Crippen LogP contribution in [0.25, 0.3) is 0 Å².